The highest BCUT2D eigenvalue weighted by Crippen LogP contribution is 2.33. The fourth-order valence-corrected chi connectivity index (χ4v) is 4.71. The number of hydrogen-bond donors (Lipinski definition) is 0. The van der Waals surface area contributed by atoms with Gasteiger partial charge in [-0.3, -0.25) is 4.57 Å². The molecule has 1 aliphatic rings. The van der Waals surface area contributed by atoms with Crippen LogP contribution in [0.1, 0.15) is 43.3 Å². The molecule has 0 spiro atoms. The van der Waals surface area contributed by atoms with E-state index in [2.05, 4.69) is 28.6 Å². The minimum absolute atomic E-state index is 0.229. The van der Waals surface area contributed by atoms with Crippen LogP contribution in [-0.4, -0.2) is 38.6 Å². The topological polar surface area (TPSA) is 51.8 Å². The molecule has 0 N–H and O–H groups in total. The van der Waals surface area contributed by atoms with Gasteiger partial charge in [-0.25, -0.2) is 9.07 Å². The Hall–Kier alpha value is -2.35. The van der Waals surface area contributed by atoms with E-state index in [1.54, 1.807) is 23.9 Å². The fourth-order valence-electron chi connectivity index (χ4n) is 3.68. The van der Waals surface area contributed by atoms with Gasteiger partial charge >= 0.3 is 0 Å². The van der Waals surface area contributed by atoms with E-state index in [-0.39, 0.29) is 11.9 Å². The summed E-state index contributed by atoms with van der Waals surface area (Å²) < 4.78 is 17.4. The van der Waals surface area contributed by atoms with Crippen LogP contribution < -0.4 is 4.90 Å². The molecule has 6 nitrogen and oxygen atoms in total. The molecule has 1 aromatic carbocycles. The maximum Gasteiger partial charge on any atom is 0.227 e. The van der Waals surface area contributed by atoms with Crippen molar-refractivity contribution in [1.82, 2.24) is 24.5 Å². The standard InChI is InChI=1S/C20H25FN6S/c1-13(2)26-19(25(3)4)22-23-20(26)28-12-17-16-6-5-7-18(16)27(24-17)15-10-8-14(21)9-11-15/h8-11,13H,5-7,12H2,1-4H3. The van der Waals surface area contributed by atoms with Gasteiger partial charge in [-0.05, 0) is 62.9 Å². The molecule has 0 saturated heterocycles. The van der Waals surface area contributed by atoms with Gasteiger partial charge in [-0.2, -0.15) is 5.10 Å². The second-order valence-electron chi connectivity index (χ2n) is 7.54. The number of benzene rings is 1. The van der Waals surface area contributed by atoms with Crippen LogP contribution in [0.3, 0.4) is 0 Å². The number of hydrogen-bond acceptors (Lipinski definition) is 5. The summed E-state index contributed by atoms with van der Waals surface area (Å²) in [7, 11) is 3.96. The Bertz CT molecular complexity index is 973. The average Bonchev–Trinajstić information content (AvgIpc) is 3.36. The second-order valence-corrected chi connectivity index (χ2v) is 8.49. The first-order chi connectivity index (χ1) is 13.5. The summed E-state index contributed by atoms with van der Waals surface area (Å²) in [5.41, 5.74) is 4.59. The van der Waals surface area contributed by atoms with Crippen LogP contribution in [0.4, 0.5) is 10.3 Å². The lowest BCUT2D eigenvalue weighted by atomic mass is 10.2. The van der Waals surface area contributed by atoms with Crippen molar-refractivity contribution >= 4 is 17.7 Å². The van der Waals surface area contributed by atoms with Crippen LogP contribution in [0.5, 0.6) is 0 Å². The third-order valence-corrected chi connectivity index (χ3v) is 5.94. The average molecular weight is 401 g/mol. The predicted molar refractivity (Wildman–Crippen MR) is 110 cm³/mol. The highest BCUT2D eigenvalue weighted by molar-refractivity contribution is 7.98. The maximum absolute atomic E-state index is 13.3. The van der Waals surface area contributed by atoms with Crippen molar-refractivity contribution in [3.63, 3.8) is 0 Å². The number of fused-ring (bicyclic) bond motifs is 1. The van der Waals surface area contributed by atoms with Gasteiger partial charge in [0.05, 0.1) is 11.4 Å². The van der Waals surface area contributed by atoms with E-state index >= 15 is 0 Å². The van der Waals surface area contributed by atoms with E-state index in [1.165, 1.54) is 23.4 Å². The van der Waals surface area contributed by atoms with Crippen molar-refractivity contribution in [2.45, 2.75) is 50.1 Å². The molecular formula is C20H25FN6S. The van der Waals surface area contributed by atoms with E-state index in [9.17, 15) is 4.39 Å². The van der Waals surface area contributed by atoms with Crippen molar-refractivity contribution in [1.29, 1.82) is 0 Å². The quantitative estimate of drug-likeness (QED) is 0.585. The molecule has 4 rings (SSSR count). The zero-order valence-corrected chi connectivity index (χ0v) is 17.5. The van der Waals surface area contributed by atoms with Crippen molar-refractivity contribution in [2.24, 2.45) is 0 Å². The largest absolute Gasteiger partial charge is 0.347 e. The van der Waals surface area contributed by atoms with E-state index in [1.807, 2.05) is 23.7 Å². The van der Waals surface area contributed by atoms with E-state index < -0.39 is 0 Å². The molecule has 28 heavy (non-hydrogen) atoms. The Morgan fingerprint density at radius 3 is 2.57 bits per heavy atom. The van der Waals surface area contributed by atoms with Gasteiger partial charge in [0.1, 0.15) is 5.82 Å². The van der Waals surface area contributed by atoms with Crippen molar-refractivity contribution < 1.29 is 4.39 Å². The Morgan fingerprint density at radius 2 is 1.89 bits per heavy atom. The smallest absolute Gasteiger partial charge is 0.227 e. The monoisotopic (exact) mass is 400 g/mol. The number of thioether (sulfide) groups is 1. The first kappa shape index (κ1) is 19.0. The van der Waals surface area contributed by atoms with Crippen LogP contribution in [0, 0.1) is 5.82 Å². The lowest BCUT2D eigenvalue weighted by Gasteiger charge is -2.17. The van der Waals surface area contributed by atoms with Gasteiger partial charge in [0.25, 0.3) is 0 Å². The molecule has 2 aromatic heterocycles. The summed E-state index contributed by atoms with van der Waals surface area (Å²) in [5.74, 6) is 1.38. The summed E-state index contributed by atoms with van der Waals surface area (Å²) in [6, 6.07) is 6.83. The molecule has 0 aliphatic heterocycles. The molecule has 1 aliphatic carbocycles. The van der Waals surface area contributed by atoms with Gasteiger partial charge in [0, 0.05) is 31.6 Å². The van der Waals surface area contributed by atoms with Crippen LogP contribution >= 0.6 is 11.8 Å². The zero-order chi connectivity index (χ0) is 19.8. The van der Waals surface area contributed by atoms with Crippen molar-refractivity contribution in [3.05, 3.63) is 47.0 Å². The highest BCUT2D eigenvalue weighted by Gasteiger charge is 2.24. The zero-order valence-electron chi connectivity index (χ0n) is 16.7. The summed E-state index contributed by atoms with van der Waals surface area (Å²) in [6.07, 6.45) is 3.20. The maximum atomic E-state index is 13.3. The molecule has 8 heteroatoms. The Balaban J connectivity index is 1.62. The molecular weight excluding hydrogens is 375 g/mol. The third-order valence-electron chi connectivity index (χ3n) is 4.99. The second kappa shape index (κ2) is 7.58. The normalized spacial score (nSPS) is 13.4. The SMILES string of the molecule is CC(C)n1c(SCc2nn(-c3ccc(F)cc3)c3c2CCC3)nnc1N(C)C. The molecule has 0 bridgehead atoms. The molecule has 0 atom stereocenters. The summed E-state index contributed by atoms with van der Waals surface area (Å²) in [4.78, 5) is 1.98. The van der Waals surface area contributed by atoms with E-state index in [0.717, 1.165) is 47.5 Å². The molecule has 0 fully saturated rings. The van der Waals surface area contributed by atoms with Crippen LogP contribution in [-0.2, 0) is 18.6 Å². The van der Waals surface area contributed by atoms with Gasteiger partial charge in [0.2, 0.25) is 5.95 Å². The molecule has 3 aromatic rings. The Labute approximate surface area is 168 Å². The Kier molecular flexibility index (Phi) is 5.14. The van der Waals surface area contributed by atoms with Crippen molar-refractivity contribution in [2.75, 3.05) is 19.0 Å². The molecule has 2 heterocycles. The summed E-state index contributed by atoms with van der Waals surface area (Å²) >= 11 is 1.67. The van der Waals surface area contributed by atoms with Gasteiger partial charge < -0.3 is 4.90 Å². The molecule has 0 radical (unpaired) electrons. The number of nitrogens with zero attached hydrogens (tertiary/aromatic N) is 6. The first-order valence-corrected chi connectivity index (χ1v) is 10.5. The molecule has 0 saturated carbocycles. The van der Waals surface area contributed by atoms with E-state index in [4.69, 9.17) is 5.10 Å². The fraction of sp³-hybridized carbons (Fsp3) is 0.450. The lowest BCUT2D eigenvalue weighted by Crippen LogP contribution is -2.17. The van der Waals surface area contributed by atoms with Crippen LogP contribution in [0.25, 0.3) is 5.69 Å². The number of aromatic nitrogens is 5. The van der Waals surface area contributed by atoms with Gasteiger partial charge in [0.15, 0.2) is 5.16 Å². The number of anilines is 1. The Morgan fingerprint density at radius 1 is 1.14 bits per heavy atom. The van der Waals surface area contributed by atoms with Gasteiger partial charge in [-0.1, -0.05) is 11.8 Å². The molecule has 0 amide bonds. The predicted octanol–water partition coefficient (Wildman–Crippen LogP) is 4.03. The highest BCUT2D eigenvalue weighted by atomic mass is 32.2. The summed E-state index contributed by atoms with van der Waals surface area (Å²) in [6.45, 7) is 4.28. The van der Waals surface area contributed by atoms with Gasteiger partial charge in [-0.15, -0.1) is 10.2 Å². The van der Waals surface area contributed by atoms with Crippen LogP contribution in [0.15, 0.2) is 29.4 Å². The number of halogens is 1. The third kappa shape index (κ3) is 3.41. The minimum atomic E-state index is -0.229. The first-order valence-electron chi connectivity index (χ1n) is 9.56. The minimum Gasteiger partial charge on any atom is -0.347 e. The molecule has 0 unspecified atom stereocenters. The van der Waals surface area contributed by atoms with Crippen LogP contribution in [0.2, 0.25) is 0 Å². The van der Waals surface area contributed by atoms with Crippen molar-refractivity contribution in [3.8, 4) is 5.69 Å². The van der Waals surface area contributed by atoms with E-state index in [0.29, 0.717) is 0 Å². The lowest BCUT2D eigenvalue weighted by molar-refractivity contribution is 0.549. The molecule has 148 valence electrons. The number of rotatable bonds is 6. The summed E-state index contributed by atoms with van der Waals surface area (Å²) in [5, 5.41) is 14.5.